The third-order valence-corrected chi connectivity index (χ3v) is 2.40. The van der Waals surface area contributed by atoms with Crippen LogP contribution in [0.5, 0.6) is 0 Å². The molecule has 0 unspecified atom stereocenters. The predicted molar refractivity (Wildman–Crippen MR) is 38.1 cm³/mol. The molecule has 0 aromatic carbocycles. The number of carbonyl (C=O) groups is 1. The molecular weight excluding hydrogens is 159 g/mol. The SMILES string of the molecule is O=C1[C@H](Cl)CCC[C@H]1Cl. The van der Waals surface area contributed by atoms with Crippen LogP contribution >= 0.6 is 23.2 Å². The molecule has 2 atom stereocenters. The summed E-state index contributed by atoms with van der Waals surface area (Å²) < 4.78 is 0. The van der Waals surface area contributed by atoms with E-state index in [1.54, 1.807) is 0 Å². The summed E-state index contributed by atoms with van der Waals surface area (Å²) >= 11 is 11.3. The quantitative estimate of drug-likeness (QED) is 0.504. The Hall–Kier alpha value is 0.250. The first-order chi connectivity index (χ1) is 4.22. The van der Waals surface area contributed by atoms with E-state index in [4.69, 9.17) is 23.2 Å². The summed E-state index contributed by atoms with van der Waals surface area (Å²) in [4.78, 5) is 10.9. The summed E-state index contributed by atoms with van der Waals surface area (Å²) in [5.74, 6) is 0.00424. The molecule has 0 aromatic rings. The highest BCUT2D eigenvalue weighted by Gasteiger charge is 2.27. The maximum absolute atomic E-state index is 10.9. The minimum atomic E-state index is -0.318. The standard InChI is InChI=1S/C6H8Cl2O/c7-4-2-1-3-5(8)6(4)9/h4-5H,1-3H2/t4-,5-/m1/s1. The Balaban J connectivity index is 2.52. The van der Waals surface area contributed by atoms with Crippen LogP contribution in [0.1, 0.15) is 19.3 Å². The van der Waals surface area contributed by atoms with Crippen molar-refractivity contribution in [3.05, 3.63) is 0 Å². The lowest BCUT2D eigenvalue weighted by molar-refractivity contribution is -0.119. The van der Waals surface area contributed by atoms with Gasteiger partial charge in [-0.3, -0.25) is 4.79 Å². The summed E-state index contributed by atoms with van der Waals surface area (Å²) in [6, 6.07) is 0. The number of hydrogen-bond acceptors (Lipinski definition) is 1. The largest absolute Gasteiger partial charge is 0.296 e. The minimum Gasteiger partial charge on any atom is -0.296 e. The van der Waals surface area contributed by atoms with Crippen LogP contribution in [0, 0.1) is 0 Å². The van der Waals surface area contributed by atoms with Gasteiger partial charge in [-0.15, -0.1) is 23.2 Å². The third-order valence-electron chi connectivity index (χ3n) is 1.53. The van der Waals surface area contributed by atoms with Gasteiger partial charge in [0, 0.05) is 0 Å². The summed E-state index contributed by atoms with van der Waals surface area (Å²) in [5, 5.41) is -0.637. The summed E-state index contributed by atoms with van der Waals surface area (Å²) in [6.45, 7) is 0. The van der Waals surface area contributed by atoms with Crippen LogP contribution in [0.4, 0.5) is 0 Å². The Labute approximate surface area is 64.3 Å². The number of halogens is 2. The topological polar surface area (TPSA) is 17.1 Å². The Morgan fingerprint density at radius 1 is 1.22 bits per heavy atom. The van der Waals surface area contributed by atoms with Crippen LogP contribution in [0.15, 0.2) is 0 Å². The van der Waals surface area contributed by atoms with Crippen molar-refractivity contribution in [3.8, 4) is 0 Å². The fraction of sp³-hybridized carbons (Fsp3) is 0.833. The van der Waals surface area contributed by atoms with Crippen molar-refractivity contribution >= 4 is 29.0 Å². The van der Waals surface area contributed by atoms with Crippen LogP contribution in [0.3, 0.4) is 0 Å². The number of alkyl halides is 2. The molecule has 1 nitrogen and oxygen atoms in total. The van der Waals surface area contributed by atoms with Crippen LogP contribution in [-0.4, -0.2) is 16.5 Å². The molecule has 0 N–H and O–H groups in total. The predicted octanol–water partition coefficient (Wildman–Crippen LogP) is 1.95. The smallest absolute Gasteiger partial charge is 0.168 e. The van der Waals surface area contributed by atoms with E-state index >= 15 is 0 Å². The molecule has 3 heteroatoms. The third kappa shape index (κ3) is 1.59. The number of hydrogen-bond donors (Lipinski definition) is 0. The van der Waals surface area contributed by atoms with Crippen molar-refractivity contribution in [3.63, 3.8) is 0 Å². The van der Waals surface area contributed by atoms with Gasteiger partial charge in [0.2, 0.25) is 0 Å². The van der Waals surface area contributed by atoms with E-state index in [1.165, 1.54) is 0 Å². The van der Waals surface area contributed by atoms with Gasteiger partial charge in [0.25, 0.3) is 0 Å². The van der Waals surface area contributed by atoms with E-state index in [-0.39, 0.29) is 16.5 Å². The molecule has 52 valence electrons. The van der Waals surface area contributed by atoms with Crippen LogP contribution in [-0.2, 0) is 4.79 Å². The normalized spacial score (nSPS) is 36.9. The molecule has 0 aliphatic heterocycles. The van der Waals surface area contributed by atoms with Gasteiger partial charge in [-0.2, -0.15) is 0 Å². The van der Waals surface area contributed by atoms with Gasteiger partial charge < -0.3 is 0 Å². The second-order valence-electron chi connectivity index (χ2n) is 2.27. The van der Waals surface area contributed by atoms with Crippen molar-refractivity contribution < 1.29 is 4.79 Å². The zero-order valence-electron chi connectivity index (χ0n) is 4.94. The van der Waals surface area contributed by atoms with E-state index < -0.39 is 0 Å². The molecule has 1 rings (SSSR count). The van der Waals surface area contributed by atoms with E-state index in [0.717, 1.165) is 19.3 Å². The van der Waals surface area contributed by atoms with E-state index in [0.29, 0.717) is 0 Å². The van der Waals surface area contributed by atoms with Gasteiger partial charge in [0.15, 0.2) is 5.78 Å². The molecule has 0 amide bonds. The van der Waals surface area contributed by atoms with Gasteiger partial charge in [0.1, 0.15) is 0 Å². The molecule has 0 bridgehead atoms. The maximum atomic E-state index is 10.9. The molecule has 0 radical (unpaired) electrons. The first-order valence-electron chi connectivity index (χ1n) is 3.03. The average molecular weight is 167 g/mol. The zero-order chi connectivity index (χ0) is 6.85. The Morgan fingerprint density at radius 2 is 1.67 bits per heavy atom. The molecule has 9 heavy (non-hydrogen) atoms. The van der Waals surface area contributed by atoms with Gasteiger partial charge in [-0.1, -0.05) is 0 Å². The second kappa shape index (κ2) is 2.89. The molecule has 0 spiro atoms. The number of ketones is 1. The first-order valence-corrected chi connectivity index (χ1v) is 3.91. The molecular formula is C6H8Cl2O. The Bertz CT molecular complexity index is 112. The van der Waals surface area contributed by atoms with Crippen molar-refractivity contribution in [1.82, 2.24) is 0 Å². The van der Waals surface area contributed by atoms with Gasteiger partial charge in [-0.25, -0.2) is 0 Å². The van der Waals surface area contributed by atoms with Crippen LogP contribution in [0.2, 0.25) is 0 Å². The fourth-order valence-corrected chi connectivity index (χ4v) is 1.63. The van der Waals surface area contributed by atoms with Crippen molar-refractivity contribution in [2.75, 3.05) is 0 Å². The van der Waals surface area contributed by atoms with Gasteiger partial charge in [0.05, 0.1) is 10.8 Å². The molecule has 0 saturated heterocycles. The van der Waals surface area contributed by atoms with E-state index in [9.17, 15) is 4.79 Å². The number of Topliss-reactive ketones (excluding diaryl/α,β-unsaturated/α-hetero) is 1. The average Bonchev–Trinajstić information content (AvgIpc) is 1.83. The summed E-state index contributed by atoms with van der Waals surface area (Å²) in [7, 11) is 0. The Morgan fingerprint density at radius 3 is 2.00 bits per heavy atom. The van der Waals surface area contributed by atoms with Crippen molar-refractivity contribution in [2.45, 2.75) is 30.0 Å². The minimum absolute atomic E-state index is 0.00424. The lowest BCUT2D eigenvalue weighted by atomic mass is 9.98. The van der Waals surface area contributed by atoms with Crippen LogP contribution < -0.4 is 0 Å². The van der Waals surface area contributed by atoms with Crippen molar-refractivity contribution in [2.24, 2.45) is 0 Å². The lowest BCUT2D eigenvalue weighted by Crippen LogP contribution is -2.29. The summed E-state index contributed by atoms with van der Waals surface area (Å²) in [6.07, 6.45) is 2.57. The monoisotopic (exact) mass is 166 g/mol. The van der Waals surface area contributed by atoms with Crippen molar-refractivity contribution in [1.29, 1.82) is 0 Å². The zero-order valence-corrected chi connectivity index (χ0v) is 6.45. The van der Waals surface area contributed by atoms with E-state index in [1.807, 2.05) is 0 Å². The summed E-state index contributed by atoms with van der Waals surface area (Å²) in [5.41, 5.74) is 0. The number of rotatable bonds is 0. The molecule has 0 heterocycles. The number of carbonyl (C=O) groups excluding carboxylic acids is 1. The lowest BCUT2D eigenvalue weighted by Gasteiger charge is -2.18. The Kier molecular flexibility index (Phi) is 2.36. The molecule has 1 fully saturated rings. The van der Waals surface area contributed by atoms with Gasteiger partial charge in [-0.05, 0) is 19.3 Å². The molecule has 0 aromatic heterocycles. The highest BCUT2D eigenvalue weighted by atomic mass is 35.5. The molecule has 1 saturated carbocycles. The van der Waals surface area contributed by atoms with Crippen LogP contribution in [0.25, 0.3) is 0 Å². The molecule has 1 aliphatic carbocycles. The van der Waals surface area contributed by atoms with Gasteiger partial charge >= 0.3 is 0 Å². The van der Waals surface area contributed by atoms with E-state index in [2.05, 4.69) is 0 Å². The fourth-order valence-electron chi connectivity index (χ4n) is 0.957. The second-order valence-corrected chi connectivity index (χ2v) is 3.32. The first kappa shape index (κ1) is 7.36. The highest BCUT2D eigenvalue weighted by molar-refractivity contribution is 6.40. The highest BCUT2D eigenvalue weighted by Crippen LogP contribution is 2.23. The maximum Gasteiger partial charge on any atom is 0.168 e. The molecule has 1 aliphatic rings.